The largest absolute Gasteiger partial charge is 0.383 e. The molecule has 84 valence electrons. The lowest BCUT2D eigenvalue weighted by molar-refractivity contribution is 1.13. The van der Waals surface area contributed by atoms with Crippen LogP contribution in [0.4, 0.5) is 5.82 Å². The Balaban J connectivity index is 2.24. The Morgan fingerprint density at radius 1 is 1.18 bits per heavy atom. The molecule has 1 aromatic carbocycles. The topological polar surface area (TPSA) is 56.2 Å². The predicted molar refractivity (Wildman–Crippen MR) is 70.5 cm³/mol. The molecular formula is C12H9BrN4. The molecule has 0 aliphatic heterocycles. The fourth-order valence-electron chi connectivity index (χ4n) is 1.75. The fourth-order valence-corrected chi connectivity index (χ4v) is 2.01. The van der Waals surface area contributed by atoms with Crippen LogP contribution < -0.4 is 5.73 Å². The van der Waals surface area contributed by atoms with E-state index >= 15 is 0 Å². The number of halogens is 1. The molecule has 0 saturated carbocycles. The third-order valence-corrected chi connectivity index (χ3v) is 3.11. The molecule has 3 aromatic rings. The maximum Gasteiger partial charge on any atom is 0.157 e. The summed E-state index contributed by atoms with van der Waals surface area (Å²) in [6.07, 6.45) is 5.19. The van der Waals surface area contributed by atoms with Crippen LogP contribution in [0.15, 0.2) is 47.3 Å². The minimum Gasteiger partial charge on any atom is -0.383 e. The highest BCUT2D eigenvalue weighted by Crippen LogP contribution is 2.26. The highest BCUT2D eigenvalue weighted by Gasteiger charge is 2.10. The number of aromatic nitrogens is 3. The van der Waals surface area contributed by atoms with Crippen LogP contribution >= 0.6 is 15.9 Å². The van der Waals surface area contributed by atoms with Gasteiger partial charge in [0.15, 0.2) is 5.65 Å². The maximum absolute atomic E-state index is 6.07. The molecule has 0 aliphatic carbocycles. The lowest BCUT2D eigenvalue weighted by atomic mass is 10.1. The van der Waals surface area contributed by atoms with Gasteiger partial charge in [0.25, 0.3) is 0 Å². The van der Waals surface area contributed by atoms with Gasteiger partial charge in [-0.15, -0.1) is 0 Å². The van der Waals surface area contributed by atoms with Crippen LogP contribution in [-0.2, 0) is 0 Å². The van der Waals surface area contributed by atoms with Gasteiger partial charge >= 0.3 is 0 Å². The molecule has 0 spiro atoms. The quantitative estimate of drug-likeness (QED) is 0.749. The van der Waals surface area contributed by atoms with Crippen molar-refractivity contribution < 1.29 is 0 Å². The number of imidazole rings is 1. The summed E-state index contributed by atoms with van der Waals surface area (Å²) in [5.41, 5.74) is 8.60. The van der Waals surface area contributed by atoms with E-state index in [4.69, 9.17) is 5.73 Å². The van der Waals surface area contributed by atoms with Crippen molar-refractivity contribution in [3.63, 3.8) is 0 Å². The standard InChI is InChI=1S/C12H9BrN4/c13-9-3-1-8(2-4-9)11-12(14)17-6-5-15-7-10(17)16-11/h1-7H,14H2. The predicted octanol–water partition coefficient (Wildman–Crippen LogP) is 2.74. The van der Waals surface area contributed by atoms with Crippen molar-refractivity contribution >= 4 is 27.4 Å². The third kappa shape index (κ3) is 1.68. The molecular weight excluding hydrogens is 280 g/mol. The van der Waals surface area contributed by atoms with Crippen LogP contribution in [0, 0.1) is 0 Å². The van der Waals surface area contributed by atoms with Gasteiger partial charge in [-0.1, -0.05) is 28.1 Å². The van der Waals surface area contributed by atoms with Gasteiger partial charge in [-0.05, 0) is 12.1 Å². The van der Waals surface area contributed by atoms with E-state index in [0.29, 0.717) is 5.82 Å². The summed E-state index contributed by atoms with van der Waals surface area (Å²) in [7, 11) is 0. The summed E-state index contributed by atoms with van der Waals surface area (Å²) in [5, 5.41) is 0. The Bertz CT molecular complexity index is 673. The van der Waals surface area contributed by atoms with E-state index in [1.54, 1.807) is 18.6 Å². The van der Waals surface area contributed by atoms with Gasteiger partial charge in [-0.2, -0.15) is 0 Å². The van der Waals surface area contributed by atoms with E-state index in [0.717, 1.165) is 21.4 Å². The minimum absolute atomic E-state index is 0.629. The van der Waals surface area contributed by atoms with Crippen molar-refractivity contribution in [3.8, 4) is 11.3 Å². The van der Waals surface area contributed by atoms with Crippen molar-refractivity contribution in [1.29, 1.82) is 0 Å². The number of rotatable bonds is 1. The van der Waals surface area contributed by atoms with E-state index in [1.165, 1.54) is 0 Å². The molecule has 0 unspecified atom stereocenters. The van der Waals surface area contributed by atoms with Gasteiger partial charge in [0.05, 0.1) is 6.20 Å². The number of nitrogens with zero attached hydrogens (tertiary/aromatic N) is 3. The average Bonchev–Trinajstić information content (AvgIpc) is 2.69. The van der Waals surface area contributed by atoms with Crippen molar-refractivity contribution in [1.82, 2.24) is 14.4 Å². The monoisotopic (exact) mass is 288 g/mol. The fraction of sp³-hybridized carbons (Fsp3) is 0. The van der Waals surface area contributed by atoms with Gasteiger partial charge in [-0.25, -0.2) is 4.98 Å². The van der Waals surface area contributed by atoms with E-state index in [-0.39, 0.29) is 0 Å². The summed E-state index contributed by atoms with van der Waals surface area (Å²) >= 11 is 3.40. The summed E-state index contributed by atoms with van der Waals surface area (Å²) < 4.78 is 2.86. The first-order chi connectivity index (χ1) is 8.25. The molecule has 4 nitrogen and oxygen atoms in total. The molecule has 0 aliphatic rings. The number of benzene rings is 1. The van der Waals surface area contributed by atoms with E-state index in [1.807, 2.05) is 28.7 Å². The molecule has 0 bridgehead atoms. The Morgan fingerprint density at radius 3 is 2.65 bits per heavy atom. The number of hydrogen-bond donors (Lipinski definition) is 1. The van der Waals surface area contributed by atoms with Gasteiger partial charge in [0.2, 0.25) is 0 Å². The molecule has 2 N–H and O–H groups in total. The molecule has 0 fully saturated rings. The second-order valence-corrected chi connectivity index (χ2v) is 4.57. The van der Waals surface area contributed by atoms with E-state index < -0.39 is 0 Å². The number of anilines is 1. The Kier molecular flexibility index (Phi) is 2.33. The van der Waals surface area contributed by atoms with Crippen molar-refractivity contribution in [3.05, 3.63) is 47.3 Å². The average molecular weight is 289 g/mol. The zero-order chi connectivity index (χ0) is 11.8. The van der Waals surface area contributed by atoms with E-state index in [9.17, 15) is 0 Å². The highest BCUT2D eigenvalue weighted by atomic mass is 79.9. The van der Waals surface area contributed by atoms with Crippen LogP contribution in [0.2, 0.25) is 0 Å². The summed E-state index contributed by atoms with van der Waals surface area (Å²) in [4.78, 5) is 8.50. The first-order valence-electron chi connectivity index (χ1n) is 5.09. The molecule has 17 heavy (non-hydrogen) atoms. The molecule has 0 atom stereocenters. The van der Waals surface area contributed by atoms with Crippen LogP contribution in [-0.4, -0.2) is 14.4 Å². The SMILES string of the molecule is Nc1c(-c2ccc(Br)cc2)nc2cnccn12. The molecule has 5 heteroatoms. The molecule has 2 aromatic heterocycles. The van der Waals surface area contributed by atoms with Gasteiger partial charge < -0.3 is 5.73 Å². The lowest BCUT2D eigenvalue weighted by Gasteiger charge is -1.99. The lowest BCUT2D eigenvalue weighted by Crippen LogP contribution is -1.93. The normalized spacial score (nSPS) is 10.9. The number of fused-ring (bicyclic) bond motifs is 1. The number of hydrogen-bond acceptors (Lipinski definition) is 3. The summed E-state index contributed by atoms with van der Waals surface area (Å²) in [6, 6.07) is 7.90. The number of nitrogens with two attached hydrogens (primary N) is 1. The highest BCUT2D eigenvalue weighted by molar-refractivity contribution is 9.10. The Labute approximate surface area is 106 Å². The first-order valence-corrected chi connectivity index (χ1v) is 5.88. The zero-order valence-electron chi connectivity index (χ0n) is 8.84. The van der Waals surface area contributed by atoms with Crippen molar-refractivity contribution in [2.24, 2.45) is 0 Å². The van der Waals surface area contributed by atoms with Gasteiger partial charge in [-0.3, -0.25) is 9.38 Å². The van der Waals surface area contributed by atoms with E-state index in [2.05, 4.69) is 25.9 Å². The van der Waals surface area contributed by atoms with Crippen molar-refractivity contribution in [2.75, 3.05) is 5.73 Å². The van der Waals surface area contributed by atoms with Crippen LogP contribution in [0.25, 0.3) is 16.9 Å². The smallest absolute Gasteiger partial charge is 0.157 e. The number of nitrogen functional groups attached to an aromatic ring is 1. The summed E-state index contributed by atoms with van der Waals surface area (Å²) in [6.45, 7) is 0. The second-order valence-electron chi connectivity index (χ2n) is 3.66. The molecule has 0 radical (unpaired) electrons. The molecule has 3 rings (SSSR count). The van der Waals surface area contributed by atoms with Crippen LogP contribution in [0.3, 0.4) is 0 Å². The minimum atomic E-state index is 0.629. The van der Waals surface area contributed by atoms with Gasteiger partial charge in [0, 0.05) is 22.4 Å². The summed E-state index contributed by atoms with van der Waals surface area (Å²) in [5.74, 6) is 0.629. The van der Waals surface area contributed by atoms with Crippen LogP contribution in [0.1, 0.15) is 0 Å². The molecule has 0 amide bonds. The maximum atomic E-state index is 6.07. The Morgan fingerprint density at radius 2 is 1.94 bits per heavy atom. The zero-order valence-corrected chi connectivity index (χ0v) is 10.4. The molecule has 2 heterocycles. The van der Waals surface area contributed by atoms with Crippen molar-refractivity contribution in [2.45, 2.75) is 0 Å². The third-order valence-electron chi connectivity index (χ3n) is 2.58. The van der Waals surface area contributed by atoms with Crippen LogP contribution in [0.5, 0.6) is 0 Å². The second kappa shape index (κ2) is 3.85. The first kappa shape index (κ1) is 10.3. The van der Waals surface area contributed by atoms with Gasteiger partial charge in [0.1, 0.15) is 11.5 Å². The Hall–Kier alpha value is -1.88. The molecule has 0 saturated heterocycles.